The predicted molar refractivity (Wildman–Crippen MR) is 71.0 cm³/mol. The van der Waals surface area contributed by atoms with Crippen molar-refractivity contribution in [2.75, 3.05) is 7.11 Å². The largest absolute Gasteiger partial charge is 0.492 e. The number of aryl methyl sites for hydroxylation is 1. The lowest BCUT2D eigenvalue weighted by molar-refractivity contribution is 0.282. The number of rotatable bonds is 4. The van der Waals surface area contributed by atoms with Gasteiger partial charge in [-0.15, -0.1) is 0 Å². The summed E-state index contributed by atoms with van der Waals surface area (Å²) in [5.41, 5.74) is 3.10. The second-order valence-corrected chi connectivity index (χ2v) is 4.14. The maximum Gasteiger partial charge on any atom is 0.180 e. The van der Waals surface area contributed by atoms with E-state index in [0.29, 0.717) is 12.4 Å². The molecule has 1 aromatic carbocycles. The first-order chi connectivity index (χ1) is 8.72. The lowest BCUT2D eigenvalue weighted by atomic mass is 10.2. The van der Waals surface area contributed by atoms with Gasteiger partial charge in [-0.25, -0.2) is 0 Å². The van der Waals surface area contributed by atoms with Gasteiger partial charge in [-0.2, -0.15) is 0 Å². The van der Waals surface area contributed by atoms with Crippen molar-refractivity contribution in [3.63, 3.8) is 0 Å². The van der Waals surface area contributed by atoms with E-state index in [2.05, 4.69) is 4.98 Å². The molecule has 94 valence electrons. The summed E-state index contributed by atoms with van der Waals surface area (Å²) >= 11 is 0. The number of hydrogen-bond acceptors (Lipinski definition) is 3. The van der Waals surface area contributed by atoms with Crippen LogP contribution in [-0.4, -0.2) is 12.1 Å². The Morgan fingerprint density at radius 3 is 2.50 bits per heavy atom. The molecule has 0 saturated heterocycles. The molecule has 3 nitrogen and oxygen atoms in total. The van der Waals surface area contributed by atoms with Gasteiger partial charge in [0.25, 0.3) is 0 Å². The highest BCUT2D eigenvalue weighted by molar-refractivity contribution is 5.46. The number of nitrogens with zero attached hydrogens (tertiary/aromatic N) is 1. The highest BCUT2D eigenvalue weighted by atomic mass is 16.5. The minimum atomic E-state index is 0.515. The SMILES string of the molecule is COc1c(OCc2ccccc2)cnc(C)c1C. The van der Waals surface area contributed by atoms with Gasteiger partial charge in [0.2, 0.25) is 0 Å². The number of aromatic nitrogens is 1. The van der Waals surface area contributed by atoms with Crippen LogP contribution in [0.2, 0.25) is 0 Å². The third-order valence-electron chi connectivity index (χ3n) is 2.92. The van der Waals surface area contributed by atoms with Gasteiger partial charge < -0.3 is 9.47 Å². The Morgan fingerprint density at radius 2 is 1.83 bits per heavy atom. The van der Waals surface area contributed by atoms with Gasteiger partial charge in [0, 0.05) is 11.3 Å². The molecule has 18 heavy (non-hydrogen) atoms. The molecular formula is C15H17NO2. The minimum Gasteiger partial charge on any atom is -0.492 e. The van der Waals surface area contributed by atoms with Crippen molar-refractivity contribution in [2.24, 2.45) is 0 Å². The van der Waals surface area contributed by atoms with Crippen molar-refractivity contribution in [1.82, 2.24) is 4.98 Å². The van der Waals surface area contributed by atoms with Crippen LogP contribution in [0.3, 0.4) is 0 Å². The zero-order chi connectivity index (χ0) is 13.0. The smallest absolute Gasteiger partial charge is 0.180 e. The summed E-state index contributed by atoms with van der Waals surface area (Å²) in [5.74, 6) is 1.45. The van der Waals surface area contributed by atoms with Gasteiger partial charge in [-0.3, -0.25) is 4.98 Å². The second kappa shape index (κ2) is 5.54. The summed E-state index contributed by atoms with van der Waals surface area (Å²) in [6.07, 6.45) is 1.71. The normalized spacial score (nSPS) is 10.2. The molecule has 0 spiro atoms. The van der Waals surface area contributed by atoms with E-state index in [1.54, 1.807) is 13.3 Å². The lowest BCUT2D eigenvalue weighted by Gasteiger charge is -2.13. The van der Waals surface area contributed by atoms with E-state index in [9.17, 15) is 0 Å². The van der Waals surface area contributed by atoms with Gasteiger partial charge in [-0.1, -0.05) is 30.3 Å². The van der Waals surface area contributed by atoms with Crippen molar-refractivity contribution in [3.05, 3.63) is 53.3 Å². The quantitative estimate of drug-likeness (QED) is 0.825. The molecule has 2 aromatic rings. The lowest BCUT2D eigenvalue weighted by Crippen LogP contribution is -2.01. The number of ether oxygens (including phenoxy) is 2. The van der Waals surface area contributed by atoms with Gasteiger partial charge in [0.05, 0.1) is 13.3 Å². The molecule has 1 heterocycles. The van der Waals surface area contributed by atoms with Crippen LogP contribution in [0.5, 0.6) is 11.5 Å². The molecule has 0 bridgehead atoms. The number of hydrogen-bond donors (Lipinski definition) is 0. The van der Waals surface area contributed by atoms with Crippen LogP contribution >= 0.6 is 0 Å². The van der Waals surface area contributed by atoms with Crippen molar-refractivity contribution in [2.45, 2.75) is 20.5 Å². The molecule has 0 radical (unpaired) electrons. The molecule has 2 rings (SSSR count). The molecule has 0 aliphatic rings. The Labute approximate surface area is 107 Å². The molecule has 0 unspecified atom stereocenters. The molecule has 0 aliphatic carbocycles. The van der Waals surface area contributed by atoms with Gasteiger partial charge in [0.1, 0.15) is 6.61 Å². The molecule has 1 aromatic heterocycles. The first-order valence-electron chi connectivity index (χ1n) is 5.89. The Morgan fingerprint density at radius 1 is 1.11 bits per heavy atom. The number of benzene rings is 1. The maximum absolute atomic E-state index is 5.76. The Kier molecular flexibility index (Phi) is 3.82. The third kappa shape index (κ3) is 2.62. The molecular weight excluding hydrogens is 226 g/mol. The van der Waals surface area contributed by atoms with Crippen LogP contribution in [0.25, 0.3) is 0 Å². The van der Waals surface area contributed by atoms with Crippen LogP contribution < -0.4 is 9.47 Å². The molecule has 0 fully saturated rings. The van der Waals surface area contributed by atoms with Gasteiger partial charge in [0.15, 0.2) is 11.5 Å². The Hall–Kier alpha value is -2.03. The molecule has 0 amide bonds. The highest BCUT2D eigenvalue weighted by Gasteiger charge is 2.10. The summed E-state index contributed by atoms with van der Waals surface area (Å²) < 4.78 is 11.1. The van der Waals surface area contributed by atoms with Gasteiger partial charge in [-0.05, 0) is 19.4 Å². The van der Waals surface area contributed by atoms with E-state index in [1.807, 2.05) is 44.2 Å². The van der Waals surface area contributed by atoms with Crippen LogP contribution in [0.4, 0.5) is 0 Å². The number of pyridine rings is 1. The Bertz CT molecular complexity index is 524. The molecule has 3 heteroatoms. The first kappa shape index (κ1) is 12.4. The zero-order valence-electron chi connectivity index (χ0n) is 10.9. The summed E-state index contributed by atoms with van der Waals surface area (Å²) in [6.45, 7) is 4.46. The third-order valence-corrected chi connectivity index (χ3v) is 2.92. The molecule has 0 N–H and O–H groups in total. The molecule has 0 saturated carbocycles. The minimum absolute atomic E-state index is 0.515. The van der Waals surface area contributed by atoms with Crippen LogP contribution in [0.15, 0.2) is 36.5 Å². The molecule has 0 atom stereocenters. The molecule has 0 aliphatic heterocycles. The van der Waals surface area contributed by atoms with Crippen LogP contribution in [-0.2, 0) is 6.61 Å². The van der Waals surface area contributed by atoms with Crippen LogP contribution in [0.1, 0.15) is 16.8 Å². The van der Waals surface area contributed by atoms with E-state index in [0.717, 1.165) is 22.6 Å². The maximum atomic E-state index is 5.76. The number of methoxy groups -OCH3 is 1. The van der Waals surface area contributed by atoms with Crippen molar-refractivity contribution >= 4 is 0 Å². The highest BCUT2D eigenvalue weighted by Crippen LogP contribution is 2.31. The van der Waals surface area contributed by atoms with Crippen molar-refractivity contribution in [3.8, 4) is 11.5 Å². The summed E-state index contributed by atoms with van der Waals surface area (Å²) in [6, 6.07) is 10.0. The predicted octanol–water partition coefficient (Wildman–Crippen LogP) is 3.29. The van der Waals surface area contributed by atoms with E-state index in [1.165, 1.54) is 0 Å². The monoisotopic (exact) mass is 243 g/mol. The summed E-state index contributed by atoms with van der Waals surface area (Å²) in [4.78, 5) is 4.29. The summed E-state index contributed by atoms with van der Waals surface area (Å²) in [5, 5.41) is 0. The zero-order valence-corrected chi connectivity index (χ0v) is 10.9. The second-order valence-electron chi connectivity index (χ2n) is 4.14. The van der Waals surface area contributed by atoms with E-state index in [4.69, 9.17) is 9.47 Å². The van der Waals surface area contributed by atoms with E-state index in [-0.39, 0.29) is 0 Å². The summed E-state index contributed by atoms with van der Waals surface area (Å²) in [7, 11) is 1.65. The average Bonchev–Trinajstić information content (AvgIpc) is 2.41. The fourth-order valence-corrected chi connectivity index (χ4v) is 1.75. The fourth-order valence-electron chi connectivity index (χ4n) is 1.75. The Balaban J connectivity index is 2.17. The topological polar surface area (TPSA) is 31.4 Å². The van der Waals surface area contributed by atoms with Gasteiger partial charge >= 0.3 is 0 Å². The first-order valence-corrected chi connectivity index (χ1v) is 5.89. The van der Waals surface area contributed by atoms with E-state index >= 15 is 0 Å². The van der Waals surface area contributed by atoms with Crippen LogP contribution in [0, 0.1) is 13.8 Å². The van der Waals surface area contributed by atoms with Crippen molar-refractivity contribution in [1.29, 1.82) is 0 Å². The standard InChI is InChI=1S/C15H17NO2/c1-11-12(2)16-9-14(15(11)17-3)18-10-13-7-5-4-6-8-13/h4-9H,10H2,1-3H3. The fraction of sp³-hybridized carbons (Fsp3) is 0.267. The van der Waals surface area contributed by atoms with E-state index < -0.39 is 0 Å². The average molecular weight is 243 g/mol. The van der Waals surface area contributed by atoms with Crippen molar-refractivity contribution < 1.29 is 9.47 Å².